The Morgan fingerprint density at radius 3 is 2.95 bits per heavy atom. The average molecular weight is 263 g/mol. The van der Waals surface area contributed by atoms with Crippen LogP contribution in [0.3, 0.4) is 0 Å². The van der Waals surface area contributed by atoms with Crippen molar-refractivity contribution < 1.29 is 9.32 Å². The summed E-state index contributed by atoms with van der Waals surface area (Å²) in [5.74, 6) is 1.44. The van der Waals surface area contributed by atoms with Gasteiger partial charge in [0.2, 0.25) is 6.39 Å². The summed E-state index contributed by atoms with van der Waals surface area (Å²) >= 11 is 0. The van der Waals surface area contributed by atoms with Crippen LogP contribution in [-0.4, -0.2) is 33.4 Å². The predicted molar refractivity (Wildman–Crippen MR) is 69.3 cm³/mol. The van der Waals surface area contributed by atoms with Crippen molar-refractivity contribution in [1.29, 1.82) is 0 Å². The molecule has 1 aromatic rings. The predicted octanol–water partition coefficient (Wildman–Crippen LogP) is 2.18. The first-order chi connectivity index (χ1) is 9.34. The lowest BCUT2D eigenvalue weighted by Gasteiger charge is -2.40. The van der Waals surface area contributed by atoms with Crippen LogP contribution in [0.4, 0.5) is 0 Å². The first-order valence-corrected chi connectivity index (χ1v) is 7.36. The van der Waals surface area contributed by atoms with Crippen LogP contribution in [0, 0.1) is 5.92 Å². The highest BCUT2D eigenvalue weighted by Crippen LogP contribution is 2.32. The molecule has 1 aromatic heterocycles. The average Bonchev–Trinajstić information content (AvgIpc) is 2.93. The van der Waals surface area contributed by atoms with Crippen LogP contribution in [0.15, 0.2) is 10.9 Å². The van der Waals surface area contributed by atoms with Crippen molar-refractivity contribution >= 4 is 5.78 Å². The maximum absolute atomic E-state index is 12.2. The second-order valence-electron chi connectivity index (χ2n) is 5.70. The van der Waals surface area contributed by atoms with Crippen molar-refractivity contribution in [3.8, 4) is 0 Å². The Bertz CT molecular complexity index is 418. The van der Waals surface area contributed by atoms with Gasteiger partial charge in [-0.2, -0.15) is 4.98 Å². The van der Waals surface area contributed by atoms with Gasteiger partial charge in [0.25, 0.3) is 0 Å². The van der Waals surface area contributed by atoms with Crippen molar-refractivity contribution in [2.24, 2.45) is 5.92 Å². The van der Waals surface area contributed by atoms with Crippen molar-refractivity contribution in [1.82, 2.24) is 15.0 Å². The largest absolute Gasteiger partial charge is 0.343 e. The lowest BCUT2D eigenvalue weighted by atomic mass is 9.79. The summed E-state index contributed by atoms with van der Waals surface area (Å²) in [6.07, 6.45) is 9.06. The third-order valence-electron chi connectivity index (χ3n) is 4.48. The molecule has 2 unspecified atom stereocenters. The summed E-state index contributed by atoms with van der Waals surface area (Å²) in [7, 11) is 0. The molecule has 0 bridgehead atoms. The van der Waals surface area contributed by atoms with E-state index in [0.717, 1.165) is 38.1 Å². The Labute approximate surface area is 113 Å². The zero-order valence-corrected chi connectivity index (χ0v) is 11.3. The van der Waals surface area contributed by atoms with Crippen molar-refractivity contribution in [2.45, 2.75) is 57.5 Å². The lowest BCUT2D eigenvalue weighted by Crippen LogP contribution is -2.47. The van der Waals surface area contributed by atoms with Crippen LogP contribution < -0.4 is 0 Å². The highest BCUT2D eigenvalue weighted by Gasteiger charge is 2.35. The van der Waals surface area contributed by atoms with Crippen LogP contribution in [0.2, 0.25) is 0 Å². The fourth-order valence-corrected chi connectivity index (χ4v) is 3.53. The number of nitrogens with zero attached hydrogens (tertiary/aromatic N) is 3. The molecule has 0 N–H and O–H groups in total. The number of Topliss-reactive ketones (excluding diaryl/α,β-unsaturated/α-hetero) is 1. The Balaban J connectivity index is 1.71. The Morgan fingerprint density at radius 2 is 2.16 bits per heavy atom. The van der Waals surface area contributed by atoms with Crippen LogP contribution in [0.1, 0.15) is 50.8 Å². The number of ketones is 1. The lowest BCUT2D eigenvalue weighted by molar-refractivity contribution is -0.127. The Hall–Kier alpha value is -1.23. The highest BCUT2D eigenvalue weighted by molar-refractivity contribution is 5.82. The Kier molecular flexibility index (Phi) is 3.92. The highest BCUT2D eigenvalue weighted by atomic mass is 16.5. The van der Waals surface area contributed by atoms with Crippen LogP contribution in [0.5, 0.6) is 0 Å². The van der Waals surface area contributed by atoms with Gasteiger partial charge in [0.05, 0.1) is 6.54 Å². The molecule has 5 nitrogen and oxygen atoms in total. The van der Waals surface area contributed by atoms with Gasteiger partial charge in [0.15, 0.2) is 5.82 Å². The Morgan fingerprint density at radius 1 is 1.26 bits per heavy atom. The van der Waals surface area contributed by atoms with Gasteiger partial charge in [0, 0.05) is 18.4 Å². The second-order valence-corrected chi connectivity index (χ2v) is 5.70. The molecule has 104 valence electrons. The third-order valence-corrected chi connectivity index (χ3v) is 4.48. The quantitative estimate of drug-likeness (QED) is 0.836. The minimum Gasteiger partial charge on any atom is -0.343 e. The monoisotopic (exact) mass is 263 g/mol. The van der Waals surface area contributed by atoms with Gasteiger partial charge >= 0.3 is 0 Å². The normalized spacial score (nSPS) is 29.6. The van der Waals surface area contributed by atoms with Crippen molar-refractivity contribution in [3.05, 3.63) is 12.2 Å². The topological polar surface area (TPSA) is 59.2 Å². The molecule has 1 aliphatic carbocycles. The van der Waals surface area contributed by atoms with Gasteiger partial charge in [-0.1, -0.05) is 18.0 Å². The van der Waals surface area contributed by atoms with E-state index in [1.165, 1.54) is 25.7 Å². The molecule has 5 heteroatoms. The van der Waals surface area contributed by atoms with Gasteiger partial charge in [-0.15, -0.1) is 0 Å². The summed E-state index contributed by atoms with van der Waals surface area (Å²) in [6, 6.07) is 0.389. The number of rotatable bonds is 3. The molecule has 2 heterocycles. The van der Waals surface area contributed by atoms with E-state index in [0.29, 0.717) is 18.4 Å². The summed E-state index contributed by atoms with van der Waals surface area (Å²) < 4.78 is 4.80. The molecule has 19 heavy (non-hydrogen) atoms. The summed E-state index contributed by atoms with van der Waals surface area (Å²) in [5, 5.41) is 3.90. The van der Waals surface area contributed by atoms with E-state index in [-0.39, 0.29) is 5.92 Å². The maximum atomic E-state index is 12.2. The molecule has 1 saturated heterocycles. The van der Waals surface area contributed by atoms with E-state index >= 15 is 0 Å². The first kappa shape index (κ1) is 12.8. The number of carbonyl (C=O) groups excluding carboxylic acids is 1. The van der Waals surface area contributed by atoms with E-state index in [4.69, 9.17) is 4.52 Å². The molecule has 2 aliphatic rings. The first-order valence-electron chi connectivity index (χ1n) is 7.36. The summed E-state index contributed by atoms with van der Waals surface area (Å²) in [6.45, 7) is 1.76. The number of likely N-dealkylation sites (tertiary alicyclic amines) is 1. The van der Waals surface area contributed by atoms with Gasteiger partial charge < -0.3 is 4.52 Å². The van der Waals surface area contributed by atoms with Crippen LogP contribution in [-0.2, 0) is 11.3 Å². The number of hydrogen-bond donors (Lipinski definition) is 0. The van der Waals surface area contributed by atoms with Gasteiger partial charge in [0.1, 0.15) is 5.78 Å². The fraction of sp³-hybridized carbons (Fsp3) is 0.786. The van der Waals surface area contributed by atoms with Crippen LogP contribution in [0.25, 0.3) is 0 Å². The summed E-state index contributed by atoms with van der Waals surface area (Å²) in [5.41, 5.74) is 0. The fourth-order valence-electron chi connectivity index (χ4n) is 3.53. The maximum Gasteiger partial charge on any atom is 0.213 e. The van der Waals surface area contributed by atoms with Crippen LogP contribution >= 0.6 is 0 Å². The second kappa shape index (κ2) is 5.82. The number of piperidine rings is 1. The molecule has 1 saturated carbocycles. The molecule has 2 atom stereocenters. The molecular weight excluding hydrogens is 242 g/mol. The number of carbonyl (C=O) groups is 1. The zero-order chi connectivity index (χ0) is 13.1. The minimum absolute atomic E-state index is 0.237. The van der Waals surface area contributed by atoms with Gasteiger partial charge in [-0.3, -0.25) is 9.69 Å². The molecule has 3 rings (SSSR count). The molecule has 0 aromatic carbocycles. The van der Waals surface area contributed by atoms with E-state index in [2.05, 4.69) is 15.0 Å². The SMILES string of the molecule is O=C1CCCCC1C1CCCCN1Cc1ncon1. The van der Waals surface area contributed by atoms with E-state index in [9.17, 15) is 4.79 Å². The zero-order valence-electron chi connectivity index (χ0n) is 11.3. The number of hydrogen-bond acceptors (Lipinski definition) is 5. The standard InChI is InChI=1S/C14H21N3O2/c18-13-7-2-1-5-11(13)12-6-3-4-8-17(12)9-14-15-10-19-16-14/h10-12H,1-9H2. The van der Waals surface area contributed by atoms with E-state index in [1.54, 1.807) is 0 Å². The smallest absolute Gasteiger partial charge is 0.213 e. The minimum atomic E-state index is 0.237. The molecular formula is C14H21N3O2. The van der Waals surface area contributed by atoms with Crippen molar-refractivity contribution in [3.63, 3.8) is 0 Å². The van der Waals surface area contributed by atoms with Gasteiger partial charge in [-0.25, -0.2) is 0 Å². The van der Waals surface area contributed by atoms with E-state index < -0.39 is 0 Å². The van der Waals surface area contributed by atoms with E-state index in [1.807, 2.05) is 0 Å². The van der Waals surface area contributed by atoms with Crippen molar-refractivity contribution in [2.75, 3.05) is 6.54 Å². The molecule has 0 radical (unpaired) electrons. The number of aromatic nitrogens is 2. The molecule has 0 amide bonds. The summed E-state index contributed by atoms with van der Waals surface area (Å²) in [4.78, 5) is 18.7. The molecule has 0 spiro atoms. The van der Waals surface area contributed by atoms with Gasteiger partial charge in [-0.05, 0) is 32.2 Å². The third kappa shape index (κ3) is 2.86. The molecule has 2 fully saturated rings. The molecule has 1 aliphatic heterocycles.